The topological polar surface area (TPSA) is 71.3 Å². The summed E-state index contributed by atoms with van der Waals surface area (Å²) in [5.41, 5.74) is 3.88. The number of carbonyl (C=O) groups excluding carboxylic acids is 1. The van der Waals surface area contributed by atoms with E-state index in [4.69, 9.17) is 4.98 Å². The number of aryl methyl sites for hydroxylation is 1. The van der Waals surface area contributed by atoms with Crippen molar-refractivity contribution in [2.75, 3.05) is 18.4 Å². The molecule has 3 aromatic rings. The number of nitrogens with zero attached hydrogens (tertiary/aromatic N) is 3. The van der Waals surface area contributed by atoms with E-state index >= 15 is 0 Å². The number of hydrogen-bond donors (Lipinski definition) is 2. The molecule has 0 saturated carbocycles. The molecular formula is C19H23N5O. The number of imidazole rings is 1. The van der Waals surface area contributed by atoms with E-state index in [-0.39, 0.29) is 5.91 Å². The maximum atomic E-state index is 11.8. The minimum absolute atomic E-state index is 0.0577. The van der Waals surface area contributed by atoms with Gasteiger partial charge in [0, 0.05) is 37.5 Å². The number of anilines is 1. The lowest BCUT2D eigenvalue weighted by molar-refractivity contribution is -0.120. The van der Waals surface area contributed by atoms with Gasteiger partial charge in [0.25, 0.3) is 0 Å². The smallest absolute Gasteiger partial charge is 0.221 e. The summed E-state index contributed by atoms with van der Waals surface area (Å²) in [4.78, 5) is 20.7. The van der Waals surface area contributed by atoms with Gasteiger partial charge >= 0.3 is 0 Å². The van der Waals surface area contributed by atoms with Crippen molar-refractivity contribution in [2.45, 2.75) is 26.7 Å². The molecule has 0 spiro atoms. The molecule has 3 rings (SSSR count). The number of benzene rings is 1. The molecule has 2 N–H and O–H groups in total. The van der Waals surface area contributed by atoms with E-state index < -0.39 is 0 Å². The van der Waals surface area contributed by atoms with Crippen molar-refractivity contribution in [3.8, 4) is 11.3 Å². The predicted octanol–water partition coefficient (Wildman–Crippen LogP) is 3.03. The molecule has 6 nitrogen and oxygen atoms in total. The molecule has 0 aliphatic carbocycles. The van der Waals surface area contributed by atoms with Gasteiger partial charge in [-0.1, -0.05) is 31.2 Å². The van der Waals surface area contributed by atoms with Gasteiger partial charge in [0.05, 0.1) is 6.20 Å². The van der Waals surface area contributed by atoms with E-state index in [1.165, 1.54) is 0 Å². The van der Waals surface area contributed by atoms with Gasteiger partial charge in [0.2, 0.25) is 5.91 Å². The Kier molecular flexibility index (Phi) is 5.28. The molecule has 0 unspecified atom stereocenters. The van der Waals surface area contributed by atoms with Crippen LogP contribution in [0.4, 0.5) is 5.82 Å². The molecule has 0 bridgehead atoms. The second kappa shape index (κ2) is 7.79. The average Bonchev–Trinajstić information content (AvgIpc) is 2.99. The highest BCUT2D eigenvalue weighted by Crippen LogP contribution is 2.30. The first-order chi connectivity index (χ1) is 12.2. The second-order valence-electron chi connectivity index (χ2n) is 5.96. The predicted molar refractivity (Wildman–Crippen MR) is 99.6 cm³/mol. The second-order valence-corrected chi connectivity index (χ2v) is 5.96. The lowest BCUT2D eigenvalue weighted by Gasteiger charge is -2.10. The molecule has 2 heterocycles. The van der Waals surface area contributed by atoms with Crippen LogP contribution in [0.2, 0.25) is 0 Å². The van der Waals surface area contributed by atoms with Crippen LogP contribution < -0.4 is 10.6 Å². The zero-order valence-corrected chi connectivity index (χ0v) is 14.6. The Balaban J connectivity index is 1.87. The minimum atomic E-state index is 0.0577. The van der Waals surface area contributed by atoms with Crippen LogP contribution in [-0.2, 0) is 4.79 Å². The zero-order valence-electron chi connectivity index (χ0n) is 14.6. The Morgan fingerprint density at radius 2 is 2.08 bits per heavy atom. The van der Waals surface area contributed by atoms with Crippen LogP contribution in [0.5, 0.6) is 0 Å². The summed E-state index contributed by atoms with van der Waals surface area (Å²) in [6.07, 6.45) is 6.71. The summed E-state index contributed by atoms with van der Waals surface area (Å²) in [5, 5.41) is 6.27. The molecule has 6 heteroatoms. The molecule has 0 aliphatic heterocycles. The normalized spacial score (nSPS) is 10.8. The molecule has 1 aromatic carbocycles. The van der Waals surface area contributed by atoms with Gasteiger partial charge in [-0.05, 0) is 18.9 Å². The van der Waals surface area contributed by atoms with Crippen molar-refractivity contribution in [3.63, 3.8) is 0 Å². The number of amides is 1. The maximum absolute atomic E-state index is 11.8. The van der Waals surface area contributed by atoms with Crippen LogP contribution in [-0.4, -0.2) is 33.4 Å². The summed E-state index contributed by atoms with van der Waals surface area (Å²) in [6.45, 7) is 5.37. The third kappa shape index (κ3) is 3.79. The number of fused-ring (bicyclic) bond motifs is 1. The van der Waals surface area contributed by atoms with Crippen LogP contribution >= 0.6 is 0 Å². The van der Waals surface area contributed by atoms with Gasteiger partial charge in [-0.3, -0.25) is 14.2 Å². The van der Waals surface area contributed by atoms with Crippen molar-refractivity contribution in [1.29, 1.82) is 0 Å². The van der Waals surface area contributed by atoms with Crippen LogP contribution in [0.15, 0.2) is 42.9 Å². The zero-order chi connectivity index (χ0) is 17.6. The fraction of sp³-hybridized carbons (Fsp3) is 0.316. The Hall–Kier alpha value is -2.89. The Bertz CT molecular complexity index is 871. The van der Waals surface area contributed by atoms with Gasteiger partial charge in [0.15, 0.2) is 5.65 Å². The quantitative estimate of drug-likeness (QED) is 0.695. The average molecular weight is 337 g/mol. The minimum Gasteiger partial charge on any atom is -0.369 e. The number of rotatable bonds is 7. The molecular weight excluding hydrogens is 314 g/mol. The molecule has 2 aromatic heterocycles. The molecule has 0 fully saturated rings. The number of nitrogens with one attached hydrogen (secondary N) is 2. The highest BCUT2D eigenvalue weighted by Gasteiger charge is 2.15. The van der Waals surface area contributed by atoms with E-state index in [1.807, 2.05) is 29.7 Å². The van der Waals surface area contributed by atoms with Crippen molar-refractivity contribution in [1.82, 2.24) is 19.7 Å². The van der Waals surface area contributed by atoms with Crippen LogP contribution in [0.1, 0.15) is 25.3 Å². The van der Waals surface area contributed by atoms with Crippen LogP contribution in [0.3, 0.4) is 0 Å². The molecule has 1 amide bonds. The molecule has 0 saturated heterocycles. The fourth-order valence-electron chi connectivity index (χ4n) is 2.75. The summed E-state index contributed by atoms with van der Waals surface area (Å²) in [7, 11) is 0. The summed E-state index contributed by atoms with van der Waals surface area (Å²) >= 11 is 0. The Morgan fingerprint density at radius 1 is 1.24 bits per heavy atom. The monoisotopic (exact) mass is 337 g/mol. The number of hydrogen-bond acceptors (Lipinski definition) is 4. The fourth-order valence-corrected chi connectivity index (χ4v) is 2.75. The first-order valence-corrected chi connectivity index (χ1v) is 8.59. The Morgan fingerprint density at radius 3 is 2.88 bits per heavy atom. The van der Waals surface area contributed by atoms with E-state index in [9.17, 15) is 4.79 Å². The molecule has 130 valence electrons. The van der Waals surface area contributed by atoms with E-state index in [0.717, 1.165) is 34.7 Å². The van der Waals surface area contributed by atoms with Crippen molar-refractivity contribution in [3.05, 3.63) is 48.4 Å². The van der Waals surface area contributed by atoms with Gasteiger partial charge in [-0.15, -0.1) is 0 Å². The van der Waals surface area contributed by atoms with E-state index in [1.54, 1.807) is 12.4 Å². The standard InChI is InChI=1S/C19H23N5O/c1-3-9-21-17(25)8-10-22-19-18(15-7-5-4-6-14(15)2)23-16-13-20-11-12-24(16)19/h4-7,11-13,22H,3,8-10H2,1-2H3,(H,21,25). The lowest BCUT2D eigenvalue weighted by atomic mass is 10.1. The van der Waals surface area contributed by atoms with Crippen molar-refractivity contribution >= 4 is 17.4 Å². The highest BCUT2D eigenvalue weighted by atomic mass is 16.1. The third-order valence-electron chi connectivity index (χ3n) is 4.05. The van der Waals surface area contributed by atoms with Gasteiger partial charge in [-0.2, -0.15) is 0 Å². The number of carbonyl (C=O) groups is 1. The van der Waals surface area contributed by atoms with E-state index in [2.05, 4.69) is 34.7 Å². The first kappa shape index (κ1) is 17.0. The largest absolute Gasteiger partial charge is 0.369 e. The molecule has 0 radical (unpaired) electrons. The van der Waals surface area contributed by atoms with Gasteiger partial charge in [0.1, 0.15) is 11.5 Å². The SMILES string of the molecule is CCCNC(=O)CCNc1c(-c2ccccc2C)nc2cnccn12. The lowest BCUT2D eigenvalue weighted by Crippen LogP contribution is -2.26. The van der Waals surface area contributed by atoms with Crippen LogP contribution in [0, 0.1) is 6.92 Å². The summed E-state index contributed by atoms with van der Waals surface area (Å²) in [5.74, 6) is 0.942. The van der Waals surface area contributed by atoms with Crippen LogP contribution in [0.25, 0.3) is 16.9 Å². The summed E-state index contributed by atoms with van der Waals surface area (Å²) in [6, 6.07) is 8.15. The number of aromatic nitrogens is 3. The maximum Gasteiger partial charge on any atom is 0.221 e. The van der Waals surface area contributed by atoms with E-state index in [0.29, 0.717) is 19.5 Å². The highest BCUT2D eigenvalue weighted by molar-refractivity contribution is 5.79. The van der Waals surface area contributed by atoms with Crippen molar-refractivity contribution in [2.24, 2.45) is 0 Å². The van der Waals surface area contributed by atoms with Crippen molar-refractivity contribution < 1.29 is 4.79 Å². The first-order valence-electron chi connectivity index (χ1n) is 8.59. The molecule has 0 atom stereocenters. The Labute approximate surface area is 147 Å². The molecule has 0 aliphatic rings. The van der Waals surface area contributed by atoms with Gasteiger partial charge in [-0.25, -0.2) is 4.98 Å². The summed E-state index contributed by atoms with van der Waals surface area (Å²) < 4.78 is 1.97. The van der Waals surface area contributed by atoms with Gasteiger partial charge < -0.3 is 10.6 Å². The molecule has 25 heavy (non-hydrogen) atoms. The third-order valence-corrected chi connectivity index (χ3v) is 4.05.